The molecule has 4 rings (SSSR count). The monoisotopic (exact) mass is 383 g/mol. The quantitative estimate of drug-likeness (QED) is 0.802. The van der Waals surface area contributed by atoms with Gasteiger partial charge in [-0.1, -0.05) is 44.2 Å². The Morgan fingerprint density at radius 2 is 1.54 bits per heavy atom. The molecule has 3 aliphatic rings. The first-order valence-corrected chi connectivity index (χ1v) is 10.8. The van der Waals surface area contributed by atoms with Gasteiger partial charge in [0.25, 0.3) is 0 Å². The van der Waals surface area contributed by atoms with Gasteiger partial charge in [0.2, 0.25) is 11.8 Å². The molecule has 1 aliphatic carbocycles. The number of nitrogens with zero attached hydrogens (tertiary/aromatic N) is 3. The molecule has 5 heteroatoms. The van der Waals surface area contributed by atoms with Crippen LogP contribution in [0.3, 0.4) is 0 Å². The van der Waals surface area contributed by atoms with E-state index < -0.39 is 0 Å². The smallest absolute Gasteiger partial charge is 0.236 e. The molecule has 2 saturated heterocycles. The van der Waals surface area contributed by atoms with Crippen LogP contribution < -0.4 is 0 Å². The van der Waals surface area contributed by atoms with Gasteiger partial charge in [-0.05, 0) is 36.7 Å². The Labute approximate surface area is 168 Å². The number of hydrogen-bond donors (Lipinski definition) is 0. The van der Waals surface area contributed by atoms with Gasteiger partial charge in [0.05, 0.1) is 12.0 Å². The van der Waals surface area contributed by atoms with Crippen molar-refractivity contribution >= 4 is 11.8 Å². The van der Waals surface area contributed by atoms with Crippen molar-refractivity contribution in [3.8, 4) is 0 Å². The number of carbonyl (C=O) groups is 2. The average molecular weight is 384 g/mol. The molecular weight excluding hydrogens is 350 g/mol. The van der Waals surface area contributed by atoms with Gasteiger partial charge < -0.3 is 9.80 Å². The molecule has 0 bridgehead atoms. The first-order chi connectivity index (χ1) is 13.5. The van der Waals surface area contributed by atoms with Crippen molar-refractivity contribution in [1.82, 2.24) is 14.7 Å². The van der Waals surface area contributed by atoms with Crippen molar-refractivity contribution in [2.75, 3.05) is 45.8 Å². The summed E-state index contributed by atoms with van der Waals surface area (Å²) in [6.07, 6.45) is 3.13. The summed E-state index contributed by atoms with van der Waals surface area (Å²) in [7, 11) is 0. The highest BCUT2D eigenvalue weighted by Gasteiger charge is 2.53. The van der Waals surface area contributed by atoms with Crippen LogP contribution in [-0.2, 0) is 15.0 Å². The minimum atomic E-state index is -0.278. The molecule has 2 amide bonds. The van der Waals surface area contributed by atoms with Gasteiger partial charge in [0, 0.05) is 39.3 Å². The highest BCUT2D eigenvalue weighted by Crippen LogP contribution is 2.49. The van der Waals surface area contributed by atoms with Crippen LogP contribution in [0.15, 0.2) is 30.3 Å². The van der Waals surface area contributed by atoms with Crippen molar-refractivity contribution in [2.24, 2.45) is 11.8 Å². The second-order valence-electron chi connectivity index (χ2n) is 9.26. The minimum Gasteiger partial charge on any atom is -0.341 e. The normalized spacial score (nSPS) is 27.5. The molecule has 1 aromatic rings. The molecule has 3 fully saturated rings. The zero-order chi connectivity index (χ0) is 19.7. The Bertz CT molecular complexity index is 698. The number of piperazine rings is 1. The van der Waals surface area contributed by atoms with Crippen LogP contribution in [0, 0.1) is 11.8 Å². The van der Waals surface area contributed by atoms with Crippen molar-refractivity contribution in [3.63, 3.8) is 0 Å². The van der Waals surface area contributed by atoms with Crippen LogP contribution >= 0.6 is 0 Å². The maximum atomic E-state index is 13.2. The number of rotatable bonds is 4. The third-order valence-electron chi connectivity index (χ3n) is 6.73. The molecule has 0 radical (unpaired) electrons. The second kappa shape index (κ2) is 7.86. The van der Waals surface area contributed by atoms with Crippen LogP contribution in [0.5, 0.6) is 0 Å². The molecule has 2 atom stereocenters. The maximum Gasteiger partial charge on any atom is 0.236 e. The van der Waals surface area contributed by atoms with E-state index in [9.17, 15) is 9.59 Å². The van der Waals surface area contributed by atoms with Crippen molar-refractivity contribution in [2.45, 2.75) is 38.5 Å². The molecule has 2 unspecified atom stereocenters. The fourth-order valence-electron chi connectivity index (χ4n) is 5.08. The molecule has 28 heavy (non-hydrogen) atoms. The molecular formula is C23H33N3O2. The largest absolute Gasteiger partial charge is 0.341 e. The summed E-state index contributed by atoms with van der Waals surface area (Å²) in [4.78, 5) is 32.2. The molecule has 2 heterocycles. The van der Waals surface area contributed by atoms with Crippen molar-refractivity contribution < 1.29 is 9.59 Å². The highest BCUT2D eigenvalue weighted by atomic mass is 16.2. The van der Waals surface area contributed by atoms with Gasteiger partial charge in [-0.25, -0.2) is 0 Å². The fraction of sp³-hybridized carbons (Fsp3) is 0.652. The Morgan fingerprint density at radius 1 is 0.929 bits per heavy atom. The van der Waals surface area contributed by atoms with Gasteiger partial charge in [-0.2, -0.15) is 0 Å². The van der Waals surface area contributed by atoms with Crippen LogP contribution in [0.2, 0.25) is 0 Å². The minimum absolute atomic E-state index is 0.251. The van der Waals surface area contributed by atoms with Gasteiger partial charge in [0.15, 0.2) is 0 Å². The third-order valence-corrected chi connectivity index (χ3v) is 6.73. The van der Waals surface area contributed by atoms with Crippen LogP contribution in [0.4, 0.5) is 0 Å². The molecule has 152 valence electrons. The average Bonchev–Trinajstić information content (AvgIpc) is 3.50. The van der Waals surface area contributed by atoms with Gasteiger partial charge in [-0.15, -0.1) is 0 Å². The number of likely N-dealkylation sites (tertiary alicyclic amines) is 1. The lowest BCUT2D eigenvalue weighted by Gasteiger charge is -2.39. The Balaban J connectivity index is 1.29. The van der Waals surface area contributed by atoms with Gasteiger partial charge in [0.1, 0.15) is 0 Å². The first kappa shape index (κ1) is 19.4. The summed E-state index contributed by atoms with van der Waals surface area (Å²) in [6, 6.07) is 10.2. The Kier molecular flexibility index (Phi) is 5.46. The van der Waals surface area contributed by atoms with E-state index in [0.717, 1.165) is 57.7 Å². The van der Waals surface area contributed by atoms with Gasteiger partial charge in [-0.3, -0.25) is 14.5 Å². The summed E-state index contributed by atoms with van der Waals surface area (Å²) < 4.78 is 0. The summed E-state index contributed by atoms with van der Waals surface area (Å²) in [5.74, 6) is 1.72. The lowest BCUT2D eigenvalue weighted by Crippen LogP contribution is -2.54. The molecule has 1 saturated carbocycles. The van der Waals surface area contributed by atoms with Crippen LogP contribution in [0.25, 0.3) is 0 Å². The highest BCUT2D eigenvalue weighted by molar-refractivity contribution is 5.91. The van der Waals surface area contributed by atoms with Crippen LogP contribution in [-0.4, -0.2) is 72.3 Å². The lowest BCUT2D eigenvalue weighted by molar-refractivity contribution is -0.138. The molecule has 1 aromatic carbocycles. The van der Waals surface area contributed by atoms with Crippen LogP contribution in [0.1, 0.15) is 38.7 Å². The molecule has 2 aliphatic heterocycles. The predicted molar refractivity (Wildman–Crippen MR) is 110 cm³/mol. The van der Waals surface area contributed by atoms with E-state index in [0.29, 0.717) is 18.4 Å². The molecule has 0 spiro atoms. The van der Waals surface area contributed by atoms with E-state index >= 15 is 0 Å². The SMILES string of the molecule is CC1CC(C)CN(C(=O)CN2CCN(C(=O)C3(c4ccccc4)CC3)CC2)C1. The van der Waals surface area contributed by atoms with E-state index in [1.54, 1.807) is 0 Å². The fourth-order valence-corrected chi connectivity index (χ4v) is 5.08. The Morgan fingerprint density at radius 3 is 2.11 bits per heavy atom. The third kappa shape index (κ3) is 3.95. The topological polar surface area (TPSA) is 43.9 Å². The molecule has 0 aromatic heterocycles. The zero-order valence-corrected chi connectivity index (χ0v) is 17.3. The number of amides is 2. The second-order valence-corrected chi connectivity index (χ2v) is 9.26. The van der Waals surface area contributed by atoms with Crippen molar-refractivity contribution in [1.29, 1.82) is 0 Å². The van der Waals surface area contributed by atoms with E-state index in [-0.39, 0.29) is 17.2 Å². The zero-order valence-electron chi connectivity index (χ0n) is 17.3. The number of piperidine rings is 1. The first-order valence-electron chi connectivity index (χ1n) is 10.8. The predicted octanol–water partition coefficient (Wildman–Crippen LogP) is 2.37. The van der Waals surface area contributed by atoms with E-state index in [1.807, 2.05) is 28.0 Å². The maximum absolute atomic E-state index is 13.2. The van der Waals surface area contributed by atoms with Gasteiger partial charge >= 0.3 is 0 Å². The van der Waals surface area contributed by atoms with E-state index in [1.165, 1.54) is 6.42 Å². The van der Waals surface area contributed by atoms with E-state index in [2.05, 4.69) is 30.9 Å². The standard InChI is InChI=1S/C23H33N3O2/c1-18-14-19(2)16-26(15-18)21(27)17-24-10-12-25(13-11-24)22(28)23(8-9-23)20-6-4-3-5-7-20/h3-7,18-19H,8-17H2,1-2H3. The summed E-state index contributed by atoms with van der Waals surface area (Å²) in [5, 5.41) is 0. The lowest BCUT2D eigenvalue weighted by atomic mass is 9.92. The number of carbonyl (C=O) groups excluding carboxylic acids is 2. The number of hydrogen-bond acceptors (Lipinski definition) is 3. The van der Waals surface area contributed by atoms with Crippen molar-refractivity contribution in [3.05, 3.63) is 35.9 Å². The molecule has 0 N–H and O–H groups in total. The summed E-state index contributed by atoms with van der Waals surface area (Å²) >= 11 is 0. The van der Waals surface area contributed by atoms with E-state index in [4.69, 9.17) is 0 Å². The summed E-state index contributed by atoms with van der Waals surface area (Å²) in [5.41, 5.74) is 0.880. The summed E-state index contributed by atoms with van der Waals surface area (Å²) in [6.45, 7) is 9.79. The molecule has 5 nitrogen and oxygen atoms in total. The Hall–Kier alpha value is -1.88. The number of benzene rings is 1.